The van der Waals surface area contributed by atoms with Crippen molar-refractivity contribution in [2.24, 2.45) is 11.1 Å². The SMILES string of the molecule is C[C@H](NC(=O)C(C)(C)C)C(=O)N1C[C@H](O)C[C@H]1C(N)=O. The topological polar surface area (TPSA) is 113 Å². The Morgan fingerprint density at radius 3 is 2.35 bits per heavy atom. The number of carbonyl (C=O) groups is 3. The number of hydrogen-bond acceptors (Lipinski definition) is 4. The van der Waals surface area contributed by atoms with E-state index in [0.29, 0.717) is 0 Å². The zero-order valence-electron chi connectivity index (χ0n) is 12.3. The van der Waals surface area contributed by atoms with E-state index < -0.39 is 35.4 Å². The molecule has 7 nitrogen and oxygen atoms in total. The number of aliphatic hydroxyl groups excluding tert-OH is 1. The lowest BCUT2D eigenvalue weighted by Crippen LogP contribution is -2.53. The van der Waals surface area contributed by atoms with Crippen molar-refractivity contribution in [1.29, 1.82) is 0 Å². The molecule has 20 heavy (non-hydrogen) atoms. The minimum Gasteiger partial charge on any atom is -0.391 e. The summed E-state index contributed by atoms with van der Waals surface area (Å²) < 4.78 is 0. The average molecular weight is 285 g/mol. The van der Waals surface area contributed by atoms with Crippen LogP contribution in [0.4, 0.5) is 0 Å². The Morgan fingerprint density at radius 1 is 1.35 bits per heavy atom. The number of nitrogens with zero attached hydrogens (tertiary/aromatic N) is 1. The zero-order valence-corrected chi connectivity index (χ0v) is 12.3. The molecule has 0 spiro atoms. The maximum atomic E-state index is 12.3. The Morgan fingerprint density at radius 2 is 1.90 bits per heavy atom. The monoisotopic (exact) mass is 285 g/mol. The molecule has 114 valence electrons. The standard InChI is InChI=1S/C13H23N3O4/c1-7(15-12(20)13(2,3)4)11(19)16-6-8(17)5-9(16)10(14)18/h7-9,17H,5-6H2,1-4H3,(H2,14,18)(H,15,20)/t7-,8+,9-/m0/s1. The van der Waals surface area contributed by atoms with Gasteiger partial charge in [0.2, 0.25) is 17.7 Å². The highest BCUT2D eigenvalue weighted by molar-refractivity contribution is 5.92. The first kappa shape index (κ1) is 16.4. The first-order valence-corrected chi connectivity index (χ1v) is 6.63. The third-order valence-electron chi connectivity index (χ3n) is 3.29. The third kappa shape index (κ3) is 3.69. The summed E-state index contributed by atoms with van der Waals surface area (Å²) in [6, 6.07) is -1.58. The molecule has 0 aromatic rings. The number of amides is 3. The first-order chi connectivity index (χ1) is 9.04. The van der Waals surface area contributed by atoms with Gasteiger partial charge in [0.1, 0.15) is 12.1 Å². The lowest BCUT2D eigenvalue weighted by molar-refractivity contribution is -0.141. The Balaban J connectivity index is 2.74. The molecule has 0 radical (unpaired) electrons. The van der Waals surface area contributed by atoms with Gasteiger partial charge < -0.3 is 21.1 Å². The highest BCUT2D eigenvalue weighted by atomic mass is 16.3. The molecule has 0 bridgehead atoms. The van der Waals surface area contributed by atoms with Gasteiger partial charge in [-0.15, -0.1) is 0 Å². The van der Waals surface area contributed by atoms with E-state index in [1.165, 1.54) is 4.90 Å². The maximum Gasteiger partial charge on any atom is 0.245 e. The fourth-order valence-corrected chi connectivity index (χ4v) is 2.05. The van der Waals surface area contributed by atoms with E-state index in [9.17, 15) is 19.5 Å². The van der Waals surface area contributed by atoms with Gasteiger partial charge in [0.15, 0.2) is 0 Å². The lowest BCUT2D eigenvalue weighted by Gasteiger charge is -2.27. The van der Waals surface area contributed by atoms with Crippen LogP contribution in [0, 0.1) is 5.41 Å². The zero-order chi connectivity index (χ0) is 15.7. The molecule has 1 rings (SSSR count). The van der Waals surface area contributed by atoms with Gasteiger partial charge >= 0.3 is 0 Å². The smallest absolute Gasteiger partial charge is 0.245 e. The minimum absolute atomic E-state index is 0.0577. The van der Waals surface area contributed by atoms with Crippen molar-refractivity contribution in [2.75, 3.05) is 6.54 Å². The van der Waals surface area contributed by atoms with Crippen LogP contribution in [0.15, 0.2) is 0 Å². The number of nitrogens with two attached hydrogens (primary N) is 1. The summed E-state index contributed by atoms with van der Waals surface area (Å²) in [6.07, 6.45) is -0.622. The molecule has 0 saturated carbocycles. The first-order valence-electron chi connectivity index (χ1n) is 6.63. The quantitative estimate of drug-likeness (QED) is 0.616. The average Bonchev–Trinajstić information content (AvgIpc) is 2.69. The molecule has 1 saturated heterocycles. The molecule has 1 aliphatic heterocycles. The summed E-state index contributed by atoms with van der Waals surface area (Å²) in [4.78, 5) is 36.6. The second kappa shape index (κ2) is 5.78. The summed E-state index contributed by atoms with van der Waals surface area (Å²) >= 11 is 0. The molecule has 1 fully saturated rings. The van der Waals surface area contributed by atoms with E-state index in [4.69, 9.17) is 5.73 Å². The second-order valence-electron chi connectivity index (χ2n) is 6.24. The van der Waals surface area contributed by atoms with Gasteiger partial charge in [-0.05, 0) is 6.92 Å². The summed E-state index contributed by atoms with van der Waals surface area (Å²) in [5.74, 6) is -1.32. The highest BCUT2D eigenvalue weighted by Crippen LogP contribution is 2.19. The summed E-state index contributed by atoms with van der Waals surface area (Å²) in [5, 5.41) is 12.2. The van der Waals surface area contributed by atoms with Gasteiger partial charge in [-0.25, -0.2) is 0 Å². The summed E-state index contributed by atoms with van der Waals surface area (Å²) in [5.41, 5.74) is 4.62. The van der Waals surface area contributed by atoms with Gasteiger partial charge in [-0.1, -0.05) is 20.8 Å². The fraction of sp³-hybridized carbons (Fsp3) is 0.769. The van der Waals surface area contributed by atoms with Crippen LogP contribution in [0.1, 0.15) is 34.1 Å². The molecule has 0 aromatic carbocycles. The lowest BCUT2D eigenvalue weighted by atomic mass is 9.95. The van der Waals surface area contributed by atoms with Gasteiger partial charge in [0, 0.05) is 18.4 Å². The van der Waals surface area contributed by atoms with Crippen LogP contribution in [0.25, 0.3) is 0 Å². The molecule has 7 heteroatoms. The summed E-state index contributed by atoms with van der Waals surface area (Å²) in [6.45, 7) is 6.83. The maximum absolute atomic E-state index is 12.3. The third-order valence-corrected chi connectivity index (χ3v) is 3.29. The van der Waals surface area contributed by atoms with Crippen molar-refractivity contribution in [1.82, 2.24) is 10.2 Å². The molecule has 1 aliphatic rings. The Kier molecular flexibility index (Phi) is 4.75. The number of primary amides is 1. The largest absolute Gasteiger partial charge is 0.391 e. The van der Waals surface area contributed by atoms with E-state index in [1.807, 2.05) is 0 Å². The van der Waals surface area contributed by atoms with Gasteiger partial charge in [0.25, 0.3) is 0 Å². The van der Waals surface area contributed by atoms with Crippen molar-refractivity contribution in [3.63, 3.8) is 0 Å². The molecule has 1 heterocycles. The fourth-order valence-electron chi connectivity index (χ4n) is 2.05. The number of likely N-dealkylation sites (tertiary alicyclic amines) is 1. The highest BCUT2D eigenvalue weighted by Gasteiger charge is 2.39. The Labute approximate surface area is 118 Å². The van der Waals surface area contributed by atoms with E-state index >= 15 is 0 Å². The van der Waals surface area contributed by atoms with Crippen LogP contribution in [-0.2, 0) is 14.4 Å². The molecular weight excluding hydrogens is 262 g/mol. The Hall–Kier alpha value is -1.63. The molecule has 0 unspecified atom stereocenters. The normalized spacial score (nSPS) is 24.4. The van der Waals surface area contributed by atoms with Gasteiger partial charge in [-0.2, -0.15) is 0 Å². The minimum atomic E-state index is -0.813. The van der Waals surface area contributed by atoms with E-state index in [1.54, 1.807) is 27.7 Å². The molecule has 4 N–H and O–H groups in total. The molecule has 3 atom stereocenters. The summed E-state index contributed by atoms with van der Waals surface area (Å²) in [7, 11) is 0. The van der Waals surface area contributed by atoms with Crippen molar-refractivity contribution in [2.45, 2.75) is 52.3 Å². The van der Waals surface area contributed by atoms with Crippen LogP contribution >= 0.6 is 0 Å². The predicted molar refractivity (Wildman–Crippen MR) is 72.4 cm³/mol. The molecular formula is C13H23N3O4. The second-order valence-corrected chi connectivity index (χ2v) is 6.24. The number of carbonyl (C=O) groups excluding carboxylic acids is 3. The Bertz CT molecular complexity index is 416. The van der Waals surface area contributed by atoms with Crippen LogP contribution < -0.4 is 11.1 Å². The van der Waals surface area contributed by atoms with Crippen LogP contribution in [0.3, 0.4) is 0 Å². The van der Waals surface area contributed by atoms with Crippen LogP contribution in [0.2, 0.25) is 0 Å². The van der Waals surface area contributed by atoms with E-state index in [-0.39, 0.29) is 18.9 Å². The number of aliphatic hydroxyl groups is 1. The molecule has 0 aliphatic carbocycles. The van der Waals surface area contributed by atoms with Crippen molar-refractivity contribution in [3.8, 4) is 0 Å². The van der Waals surface area contributed by atoms with Gasteiger partial charge in [0.05, 0.1) is 6.10 Å². The van der Waals surface area contributed by atoms with Crippen molar-refractivity contribution < 1.29 is 19.5 Å². The van der Waals surface area contributed by atoms with Gasteiger partial charge in [-0.3, -0.25) is 14.4 Å². The van der Waals surface area contributed by atoms with Crippen LogP contribution in [-0.4, -0.2) is 52.5 Å². The number of nitrogens with one attached hydrogen (secondary N) is 1. The van der Waals surface area contributed by atoms with E-state index in [2.05, 4.69) is 5.32 Å². The predicted octanol–water partition coefficient (Wildman–Crippen LogP) is -1.02. The molecule has 3 amide bonds. The number of rotatable bonds is 3. The number of β-amino-alcohol motifs (C(OH)–C–C–N with tert-alkyl or cyclic N) is 1. The van der Waals surface area contributed by atoms with Crippen molar-refractivity contribution >= 4 is 17.7 Å². The van der Waals surface area contributed by atoms with Crippen LogP contribution in [0.5, 0.6) is 0 Å². The number of hydrogen-bond donors (Lipinski definition) is 3. The van der Waals surface area contributed by atoms with E-state index in [0.717, 1.165) is 0 Å². The molecule has 0 aromatic heterocycles. The van der Waals surface area contributed by atoms with Crippen molar-refractivity contribution in [3.05, 3.63) is 0 Å².